The normalized spacial score (nSPS) is 13.9. The Hall–Kier alpha value is -1.62. The van der Waals surface area contributed by atoms with Crippen LogP contribution in [0.3, 0.4) is 0 Å². The SMILES string of the molecule is COC(=O)C(C)(O)CNc1cc(C)cc(F)c1. The number of hydrogen-bond donors (Lipinski definition) is 2. The van der Waals surface area contributed by atoms with Gasteiger partial charge in [-0.3, -0.25) is 0 Å². The van der Waals surface area contributed by atoms with Gasteiger partial charge in [-0.2, -0.15) is 0 Å². The predicted molar refractivity (Wildman–Crippen MR) is 62.3 cm³/mol. The highest BCUT2D eigenvalue weighted by atomic mass is 19.1. The molecule has 1 unspecified atom stereocenters. The number of rotatable bonds is 4. The fraction of sp³-hybridized carbons (Fsp3) is 0.417. The number of methoxy groups -OCH3 is 1. The Bertz CT molecular complexity index is 398. The molecule has 0 spiro atoms. The first kappa shape index (κ1) is 13.4. The molecule has 1 aromatic rings. The average Bonchev–Trinajstić information content (AvgIpc) is 2.24. The van der Waals surface area contributed by atoms with E-state index in [9.17, 15) is 14.3 Å². The number of anilines is 1. The van der Waals surface area contributed by atoms with Crippen molar-refractivity contribution in [2.75, 3.05) is 19.0 Å². The number of ether oxygens (including phenoxy) is 1. The summed E-state index contributed by atoms with van der Waals surface area (Å²) in [6, 6.07) is 4.40. The molecule has 0 bridgehead atoms. The van der Waals surface area contributed by atoms with Crippen LogP contribution < -0.4 is 5.32 Å². The van der Waals surface area contributed by atoms with Gasteiger partial charge in [-0.25, -0.2) is 9.18 Å². The monoisotopic (exact) mass is 241 g/mol. The lowest BCUT2D eigenvalue weighted by atomic mass is 10.1. The van der Waals surface area contributed by atoms with E-state index in [-0.39, 0.29) is 12.4 Å². The van der Waals surface area contributed by atoms with E-state index in [1.165, 1.54) is 26.2 Å². The second-order valence-electron chi connectivity index (χ2n) is 4.14. The lowest BCUT2D eigenvalue weighted by molar-refractivity contribution is -0.158. The van der Waals surface area contributed by atoms with E-state index in [1.807, 2.05) is 0 Å². The van der Waals surface area contributed by atoms with Gasteiger partial charge in [0.25, 0.3) is 0 Å². The number of aryl methyl sites for hydroxylation is 1. The minimum atomic E-state index is -1.64. The Balaban J connectivity index is 2.70. The van der Waals surface area contributed by atoms with Crippen LogP contribution >= 0.6 is 0 Å². The van der Waals surface area contributed by atoms with Gasteiger partial charge in [0, 0.05) is 5.69 Å². The topological polar surface area (TPSA) is 58.6 Å². The fourth-order valence-electron chi connectivity index (χ4n) is 1.40. The molecule has 0 radical (unpaired) electrons. The van der Waals surface area contributed by atoms with Crippen molar-refractivity contribution >= 4 is 11.7 Å². The maximum Gasteiger partial charge on any atom is 0.339 e. The van der Waals surface area contributed by atoms with E-state index in [4.69, 9.17) is 0 Å². The lowest BCUT2D eigenvalue weighted by Crippen LogP contribution is -2.42. The summed E-state index contributed by atoms with van der Waals surface area (Å²) in [6.45, 7) is 3.03. The minimum absolute atomic E-state index is 0.0530. The third kappa shape index (κ3) is 3.71. The largest absolute Gasteiger partial charge is 0.467 e. The van der Waals surface area contributed by atoms with E-state index >= 15 is 0 Å². The summed E-state index contributed by atoms with van der Waals surface area (Å²) in [6.07, 6.45) is 0. The molecule has 0 aromatic heterocycles. The highest BCUT2D eigenvalue weighted by Gasteiger charge is 2.31. The Labute approximate surface area is 99.4 Å². The molecule has 0 aliphatic rings. The van der Waals surface area contributed by atoms with Crippen LogP contribution in [0.2, 0.25) is 0 Å². The molecule has 0 aliphatic heterocycles. The van der Waals surface area contributed by atoms with Crippen LogP contribution in [0, 0.1) is 12.7 Å². The zero-order valence-electron chi connectivity index (χ0n) is 10.1. The van der Waals surface area contributed by atoms with Crippen LogP contribution in [0.5, 0.6) is 0 Å². The molecule has 17 heavy (non-hydrogen) atoms. The molecule has 5 heteroatoms. The molecule has 0 saturated heterocycles. The Morgan fingerprint density at radius 3 is 2.71 bits per heavy atom. The van der Waals surface area contributed by atoms with Crippen molar-refractivity contribution in [3.63, 3.8) is 0 Å². The van der Waals surface area contributed by atoms with E-state index in [1.54, 1.807) is 13.0 Å². The number of aliphatic hydroxyl groups is 1. The maximum atomic E-state index is 13.1. The molecule has 0 amide bonds. The van der Waals surface area contributed by atoms with Crippen LogP contribution in [0.1, 0.15) is 12.5 Å². The highest BCUT2D eigenvalue weighted by molar-refractivity contribution is 5.79. The zero-order valence-corrected chi connectivity index (χ0v) is 10.1. The van der Waals surface area contributed by atoms with Crippen LogP contribution in [0.25, 0.3) is 0 Å². The molecule has 0 heterocycles. The van der Waals surface area contributed by atoms with Crippen molar-refractivity contribution in [2.45, 2.75) is 19.4 Å². The summed E-state index contributed by atoms with van der Waals surface area (Å²) < 4.78 is 17.5. The van der Waals surface area contributed by atoms with Crippen LogP contribution in [-0.4, -0.2) is 30.3 Å². The summed E-state index contributed by atoms with van der Waals surface area (Å²) in [5.41, 5.74) is -0.383. The van der Waals surface area contributed by atoms with Crippen LogP contribution in [-0.2, 0) is 9.53 Å². The minimum Gasteiger partial charge on any atom is -0.467 e. The first-order valence-electron chi connectivity index (χ1n) is 5.17. The molecule has 2 N–H and O–H groups in total. The standard InChI is InChI=1S/C12H16FNO3/c1-8-4-9(13)6-10(5-8)14-7-12(2,16)11(15)17-3/h4-6,14,16H,7H2,1-3H3. The second kappa shape index (κ2) is 5.14. The molecule has 94 valence electrons. The van der Waals surface area contributed by atoms with Gasteiger partial charge in [-0.15, -0.1) is 0 Å². The summed E-state index contributed by atoms with van der Waals surface area (Å²) in [5, 5.41) is 12.5. The summed E-state index contributed by atoms with van der Waals surface area (Å²) in [4.78, 5) is 11.2. The number of carbonyl (C=O) groups is 1. The van der Waals surface area contributed by atoms with Crippen LogP contribution in [0.15, 0.2) is 18.2 Å². The molecule has 0 aliphatic carbocycles. The maximum absolute atomic E-state index is 13.1. The first-order chi connectivity index (χ1) is 7.85. The number of esters is 1. The molecule has 0 fully saturated rings. The van der Waals surface area contributed by atoms with Crippen molar-refractivity contribution in [3.8, 4) is 0 Å². The van der Waals surface area contributed by atoms with E-state index in [0.29, 0.717) is 5.69 Å². The van der Waals surface area contributed by atoms with Crippen molar-refractivity contribution in [1.29, 1.82) is 0 Å². The van der Waals surface area contributed by atoms with Gasteiger partial charge in [0.15, 0.2) is 5.60 Å². The van der Waals surface area contributed by atoms with Crippen molar-refractivity contribution < 1.29 is 19.0 Å². The van der Waals surface area contributed by atoms with Crippen molar-refractivity contribution in [1.82, 2.24) is 0 Å². The molecule has 0 saturated carbocycles. The predicted octanol–water partition coefficient (Wildman–Crippen LogP) is 1.47. The Morgan fingerprint density at radius 2 is 2.18 bits per heavy atom. The van der Waals surface area contributed by atoms with Gasteiger partial charge in [0.1, 0.15) is 5.82 Å². The molecule has 1 rings (SSSR count). The third-order valence-corrected chi connectivity index (χ3v) is 2.30. The molecule has 4 nitrogen and oxygen atoms in total. The second-order valence-corrected chi connectivity index (χ2v) is 4.14. The summed E-state index contributed by atoms with van der Waals surface area (Å²) in [7, 11) is 1.20. The van der Waals surface area contributed by atoms with E-state index < -0.39 is 11.6 Å². The first-order valence-corrected chi connectivity index (χ1v) is 5.17. The number of halogens is 1. The van der Waals surface area contributed by atoms with Crippen molar-refractivity contribution in [2.24, 2.45) is 0 Å². The van der Waals surface area contributed by atoms with E-state index in [0.717, 1.165) is 5.56 Å². The smallest absolute Gasteiger partial charge is 0.339 e. The number of nitrogens with one attached hydrogen (secondary N) is 1. The molecular formula is C12H16FNO3. The quantitative estimate of drug-likeness (QED) is 0.784. The molecular weight excluding hydrogens is 225 g/mol. The number of benzene rings is 1. The molecule has 1 aromatic carbocycles. The Kier molecular flexibility index (Phi) is 4.07. The fourth-order valence-corrected chi connectivity index (χ4v) is 1.40. The van der Waals surface area contributed by atoms with Crippen LogP contribution in [0.4, 0.5) is 10.1 Å². The zero-order chi connectivity index (χ0) is 13.1. The van der Waals surface area contributed by atoms with Crippen molar-refractivity contribution in [3.05, 3.63) is 29.6 Å². The number of hydrogen-bond acceptors (Lipinski definition) is 4. The summed E-state index contributed by atoms with van der Waals surface area (Å²) >= 11 is 0. The van der Waals surface area contributed by atoms with Gasteiger partial charge in [0.05, 0.1) is 13.7 Å². The van der Waals surface area contributed by atoms with Gasteiger partial charge in [-0.05, 0) is 37.6 Å². The van der Waals surface area contributed by atoms with Gasteiger partial charge in [0.2, 0.25) is 0 Å². The Morgan fingerprint density at radius 1 is 1.53 bits per heavy atom. The highest BCUT2D eigenvalue weighted by Crippen LogP contribution is 2.15. The van der Waals surface area contributed by atoms with E-state index in [2.05, 4.69) is 10.1 Å². The number of carbonyl (C=O) groups excluding carboxylic acids is 1. The van der Waals surface area contributed by atoms with Gasteiger partial charge in [-0.1, -0.05) is 0 Å². The summed E-state index contributed by atoms with van der Waals surface area (Å²) in [5.74, 6) is -1.11. The van der Waals surface area contributed by atoms with Gasteiger partial charge >= 0.3 is 5.97 Å². The third-order valence-electron chi connectivity index (χ3n) is 2.30. The molecule has 1 atom stereocenters. The average molecular weight is 241 g/mol. The van der Waals surface area contributed by atoms with Gasteiger partial charge < -0.3 is 15.2 Å². The lowest BCUT2D eigenvalue weighted by Gasteiger charge is -2.21.